The van der Waals surface area contributed by atoms with Crippen LogP contribution in [0.4, 0.5) is 0 Å². The van der Waals surface area contributed by atoms with Gasteiger partial charge in [0, 0.05) is 12.6 Å². The number of nitrogens with zero attached hydrogens (tertiary/aromatic N) is 1. The van der Waals surface area contributed by atoms with E-state index in [-0.39, 0.29) is 23.7 Å². The fourth-order valence-electron chi connectivity index (χ4n) is 4.64. The van der Waals surface area contributed by atoms with Crippen molar-refractivity contribution >= 4 is 23.4 Å². The Morgan fingerprint density at radius 2 is 1.75 bits per heavy atom. The Balaban J connectivity index is 1.88. The number of hydrogen-bond donors (Lipinski definition) is 1. The Bertz CT molecular complexity index is 884. The first-order valence-corrected chi connectivity index (χ1v) is 12.2. The summed E-state index contributed by atoms with van der Waals surface area (Å²) in [5.74, 6) is 0.486. The molecular weight excluding hydrogens is 420 g/mol. The van der Waals surface area contributed by atoms with Crippen LogP contribution in [0.2, 0.25) is 0 Å². The maximum atomic E-state index is 13.7. The fourth-order valence-corrected chi connectivity index (χ4v) is 4.79. The normalized spacial score (nSPS) is 21.6. The average Bonchev–Trinajstić information content (AvgIpc) is 2.80. The molecular formula is C27H35ClN2O2. The van der Waals surface area contributed by atoms with Gasteiger partial charge in [-0.3, -0.25) is 9.59 Å². The van der Waals surface area contributed by atoms with E-state index in [0.29, 0.717) is 24.8 Å². The minimum absolute atomic E-state index is 0.119. The molecule has 172 valence electrons. The molecule has 4 nitrogen and oxygen atoms in total. The SMILES string of the molecule is Cc1ccc([C@H](C(=O)N[C@@H]2CCC[C@H](C)[C@@H]2C)N(CCc2ccccc2)C(=O)CCl)cc1. The third kappa shape index (κ3) is 6.13. The summed E-state index contributed by atoms with van der Waals surface area (Å²) in [5.41, 5.74) is 3.05. The number of carbonyl (C=O) groups excluding carboxylic acids is 2. The molecule has 1 saturated carbocycles. The second-order valence-corrected chi connectivity index (χ2v) is 9.42. The van der Waals surface area contributed by atoms with E-state index in [1.165, 1.54) is 6.42 Å². The van der Waals surface area contributed by atoms with Gasteiger partial charge >= 0.3 is 0 Å². The van der Waals surface area contributed by atoms with Crippen LogP contribution in [0.15, 0.2) is 54.6 Å². The van der Waals surface area contributed by atoms with E-state index in [2.05, 4.69) is 19.2 Å². The van der Waals surface area contributed by atoms with Gasteiger partial charge in [-0.05, 0) is 42.7 Å². The van der Waals surface area contributed by atoms with Crippen LogP contribution in [-0.4, -0.2) is 35.2 Å². The first-order chi connectivity index (χ1) is 15.4. The molecule has 0 aromatic heterocycles. The number of rotatable bonds is 8. The smallest absolute Gasteiger partial charge is 0.247 e. The van der Waals surface area contributed by atoms with E-state index in [4.69, 9.17) is 11.6 Å². The van der Waals surface area contributed by atoms with Crippen molar-refractivity contribution in [1.82, 2.24) is 10.2 Å². The second-order valence-electron chi connectivity index (χ2n) is 9.15. The van der Waals surface area contributed by atoms with Crippen LogP contribution in [-0.2, 0) is 16.0 Å². The van der Waals surface area contributed by atoms with Crippen molar-refractivity contribution in [3.05, 3.63) is 71.3 Å². The van der Waals surface area contributed by atoms with Gasteiger partial charge in [0.15, 0.2) is 0 Å². The average molecular weight is 455 g/mol. The number of benzene rings is 2. The van der Waals surface area contributed by atoms with Crippen LogP contribution in [0.1, 0.15) is 55.8 Å². The molecule has 5 heteroatoms. The number of nitrogens with one attached hydrogen (secondary N) is 1. The number of alkyl halides is 1. The molecule has 0 spiro atoms. The first kappa shape index (κ1) is 24.3. The van der Waals surface area contributed by atoms with E-state index in [0.717, 1.165) is 29.5 Å². The minimum Gasteiger partial charge on any atom is -0.351 e. The summed E-state index contributed by atoms with van der Waals surface area (Å²) in [4.78, 5) is 28.3. The lowest BCUT2D eigenvalue weighted by molar-refractivity contribution is -0.139. The Labute approximate surface area is 197 Å². The molecule has 1 aliphatic carbocycles. The van der Waals surface area contributed by atoms with Crippen LogP contribution >= 0.6 is 11.6 Å². The van der Waals surface area contributed by atoms with Crippen LogP contribution in [0, 0.1) is 18.8 Å². The van der Waals surface area contributed by atoms with Gasteiger partial charge in [-0.15, -0.1) is 11.6 Å². The Morgan fingerprint density at radius 3 is 2.41 bits per heavy atom. The standard InChI is InChI=1S/C27H35ClN2O2/c1-19-12-14-23(15-13-19)26(27(32)29-24-11-7-8-20(2)21(24)3)30(25(31)18-28)17-16-22-9-5-4-6-10-22/h4-6,9-10,12-15,20-21,24,26H,7-8,11,16-18H2,1-3H3,(H,29,32)/t20-,21-,24+,26+/m0/s1. The van der Waals surface area contributed by atoms with Crippen molar-refractivity contribution in [3.8, 4) is 0 Å². The van der Waals surface area contributed by atoms with Crippen molar-refractivity contribution in [3.63, 3.8) is 0 Å². The first-order valence-electron chi connectivity index (χ1n) is 11.7. The maximum Gasteiger partial charge on any atom is 0.247 e. The molecule has 32 heavy (non-hydrogen) atoms. The number of amides is 2. The largest absolute Gasteiger partial charge is 0.351 e. The highest BCUT2D eigenvalue weighted by Crippen LogP contribution is 2.31. The van der Waals surface area contributed by atoms with Crippen LogP contribution in [0.25, 0.3) is 0 Å². The van der Waals surface area contributed by atoms with Gasteiger partial charge in [0.1, 0.15) is 11.9 Å². The molecule has 0 heterocycles. The van der Waals surface area contributed by atoms with Crippen molar-refractivity contribution in [1.29, 1.82) is 0 Å². The summed E-state index contributed by atoms with van der Waals surface area (Å²) in [7, 11) is 0. The minimum atomic E-state index is -0.699. The highest BCUT2D eigenvalue weighted by molar-refractivity contribution is 6.27. The van der Waals surface area contributed by atoms with Gasteiger partial charge in [0.05, 0.1) is 0 Å². The maximum absolute atomic E-state index is 13.7. The zero-order valence-electron chi connectivity index (χ0n) is 19.4. The molecule has 2 aromatic carbocycles. The van der Waals surface area contributed by atoms with E-state index < -0.39 is 6.04 Å². The van der Waals surface area contributed by atoms with Gasteiger partial charge in [-0.25, -0.2) is 0 Å². The predicted octanol–water partition coefficient (Wildman–Crippen LogP) is 5.29. The topological polar surface area (TPSA) is 49.4 Å². The monoisotopic (exact) mass is 454 g/mol. The summed E-state index contributed by atoms with van der Waals surface area (Å²) in [6.07, 6.45) is 3.95. The molecule has 2 aromatic rings. The third-order valence-corrected chi connectivity index (χ3v) is 7.14. The molecule has 0 unspecified atom stereocenters. The van der Waals surface area contributed by atoms with Crippen LogP contribution in [0.3, 0.4) is 0 Å². The lowest BCUT2D eigenvalue weighted by atomic mass is 9.78. The summed E-state index contributed by atoms with van der Waals surface area (Å²) in [5, 5.41) is 3.29. The molecule has 0 aliphatic heterocycles. The highest BCUT2D eigenvalue weighted by Gasteiger charge is 2.34. The van der Waals surface area contributed by atoms with E-state index in [1.54, 1.807) is 4.90 Å². The van der Waals surface area contributed by atoms with Gasteiger partial charge < -0.3 is 10.2 Å². The zero-order chi connectivity index (χ0) is 23.1. The van der Waals surface area contributed by atoms with Crippen molar-refractivity contribution in [2.75, 3.05) is 12.4 Å². The van der Waals surface area contributed by atoms with Crippen LogP contribution < -0.4 is 5.32 Å². The summed E-state index contributed by atoms with van der Waals surface area (Å²) >= 11 is 6.00. The van der Waals surface area contributed by atoms with Crippen molar-refractivity contribution in [2.24, 2.45) is 11.8 Å². The highest BCUT2D eigenvalue weighted by atomic mass is 35.5. The summed E-state index contributed by atoms with van der Waals surface area (Å²) in [6, 6.07) is 17.3. The third-order valence-electron chi connectivity index (χ3n) is 6.91. The van der Waals surface area contributed by atoms with Gasteiger partial charge in [-0.2, -0.15) is 0 Å². The molecule has 4 atom stereocenters. The van der Waals surface area contributed by atoms with E-state index in [9.17, 15) is 9.59 Å². The van der Waals surface area contributed by atoms with E-state index >= 15 is 0 Å². The molecule has 2 amide bonds. The van der Waals surface area contributed by atoms with Gasteiger partial charge in [-0.1, -0.05) is 86.8 Å². The van der Waals surface area contributed by atoms with Crippen molar-refractivity contribution in [2.45, 2.75) is 58.5 Å². The van der Waals surface area contributed by atoms with Gasteiger partial charge in [0.2, 0.25) is 11.8 Å². The molecule has 3 rings (SSSR count). The molecule has 0 bridgehead atoms. The zero-order valence-corrected chi connectivity index (χ0v) is 20.1. The summed E-state index contributed by atoms with van der Waals surface area (Å²) < 4.78 is 0. The Kier molecular flexibility index (Phi) is 8.75. The molecule has 0 saturated heterocycles. The molecule has 1 aliphatic rings. The number of carbonyl (C=O) groups is 2. The second kappa shape index (κ2) is 11.5. The Morgan fingerprint density at radius 1 is 1.06 bits per heavy atom. The van der Waals surface area contributed by atoms with Crippen molar-refractivity contribution < 1.29 is 9.59 Å². The van der Waals surface area contributed by atoms with Gasteiger partial charge in [0.25, 0.3) is 0 Å². The molecule has 0 radical (unpaired) electrons. The quantitative estimate of drug-likeness (QED) is 0.551. The van der Waals surface area contributed by atoms with E-state index in [1.807, 2.05) is 61.5 Å². The lowest BCUT2D eigenvalue weighted by Crippen LogP contribution is -2.50. The predicted molar refractivity (Wildman–Crippen MR) is 131 cm³/mol. The summed E-state index contributed by atoms with van der Waals surface area (Å²) in [6.45, 7) is 6.91. The number of aryl methyl sites for hydroxylation is 1. The number of halogens is 1. The Hall–Kier alpha value is -2.33. The lowest BCUT2D eigenvalue weighted by Gasteiger charge is -2.37. The van der Waals surface area contributed by atoms with Crippen LogP contribution in [0.5, 0.6) is 0 Å². The number of hydrogen-bond acceptors (Lipinski definition) is 2. The molecule has 1 N–H and O–H groups in total. The fraction of sp³-hybridized carbons (Fsp3) is 0.481. The molecule has 1 fully saturated rings.